The molecule has 0 amide bonds. The quantitative estimate of drug-likeness (QED) is 0.499. The number of hydrogen-bond donors (Lipinski definition) is 2. The number of phosphoric acid groups is 1. The highest BCUT2D eigenvalue weighted by atomic mass is 31.2. The van der Waals surface area contributed by atoms with Gasteiger partial charge in [0.15, 0.2) is 6.23 Å². The molecule has 0 unspecified atom stereocenters. The van der Waals surface area contributed by atoms with Crippen molar-refractivity contribution in [3.05, 3.63) is 69.0 Å². The Morgan fingerprint density at radius 1 is 1.03 bits per heavy atom. The molecule has 3 rings (SSSR count). The van der Waals surface area contributed by atoms with Gasteiger partial charge in [0.2, 0.25) is 0 Å². The minimum absolute atomic E-state index is 0.0921. The molecule has 13 heteroatoms. The van der Waals surface area contributed by atoms with Crippen LogP contribution in [0, 0.1) is 0 Å². The van der Waals surface area contributed by atoms with Crippen LogP contribution in [-0.4, -0.2) is 61.4 Å². The number of aromatic nitrogens is 2. The molecule has 1 aromatic heterocycles. The molecule has 2 heterocycles. The van der Waals surface area contributed by atoms with E-state index in [1.165, 1.54) is 12.1 Å². The number of rotatable bonds is 7. The molecule has 0 radical (unpaired) electrons. The summed E-state index contributed by atoms with van der Waals surface area (Å²) in [4.78, 5) is 38.8. The Morgan fingerprint density at radius 3 is 2.11 bits per heavy atom. The summed E-state index contributed by atoms with van der Waals surface area (Å²) < 4.78 is 37.6. The standard InChI is InChI=1S/C24H33N2O10P/c1-23(2,3)35-37(32,36-24(4,5)6)34-19-18(29)16(14-27)33-21(19)25-13-12-17(28)26(22(25)31)20(30)15-10-8-7-9-11-15/h7-13,16,18-19,21,27,29H,14H2,1-6H3/t16-,18-,19-,21-/m1/s1. The second-order valence-corrected chi connectivity index (χ2v) is 12.0. The van der Waals surface area contributed by atoms with Crippen LogP contribution >= 0.6 is 7.82 Å². The number of ether oxygens (including phenoxy) is 1. The minimum atomic E-state index is -4.42. The van der Waals surface area contributed by atoms with Crippen LogP contribution in [0.2, 0.25) is 0 Å². The molecule has 0 saturated carbocycles. The van der Waals surface area contributed by atoms with Gasteiger partial charge in [-0.3, -0.25) is 27.7 Å². The predicted octanol–water partition coefficient (Wildman–Crippen LogP) is 2.07. The Kier molecular flexibility index (Phi) is 8.45. The van der Waals surface area contributed by atoms with Gasteiger partial charge in [-0.2, -0.15) is 4.57 Å². The number of carbonyl (C=O) groups is 1. The third-order valence-corrected chi connectivity index (χ3v) is 7.07. The van der Waals surface area contributed by atoms with Crippen molar-refractivity contribution in [3.8, 4) is 0 Å². The summed E-state index contributed by atoms with van der Waals surface area (Å²) in [6.07, 6.45) is -4.82. The Morgan fingerprint density at radius 2 is 1.59 bits per heavy atom. The van der Waals surface area contributed by atoms with Gasteiger partial charge in [0.05, 0.1) is 17.8 Å². The van der Waals surface area contributed by atoms with Gasteiger partial charge in [0.25, 0.3) is 11.5 Å². The lowest BCUT2D eigenvalue weighted by Gasteiger charge is -2.33. The van der Waals surface area contributed by atoms with Gasteiger partial charge < -0.3 is 14.9 Å². The van der Waals surface area contributed by atoms with Crippen LogP contribution in [0.25, 0.3) is 0 Å². The van der Waals surface area contributed by atoms with Gasteiger partial charge >= 0.3 is 13.5 Å². The minimum Gasteiger partial charge on any atom is -0.394 e. The number of aliphatic hydroxyl groups is 2. The molecule has 37 heavy (non-hydrogen) atoms. The molecule has 2 aromatic rings. The van der Waals surface area contributed by atoms with E-state index in [4.69, 9.17) is 18.3 Å². The molecule has 0 bridgehead atoms. The lowest BCUT2D eigenvalue weighted by atomic mass is 10.1. The zero-order chi connectivity index (χ0) is 27.8. The highest BCUT2D eigenvalue weighted by Crippen LogP contribution is 2.58. The topological polar surface area (TPSA) is 156 Å². The molecule has 1 aromatic carbocycles. The van der Waals surface area contributed by atoms with Crippen molar-refractivity contribution in [1.82, 2.24) is 9.13 Å². The largest absolute Gasteiger partial charge is 0.476 e. The van der Waals surface area contributed by atoms with Crippen LogP contribution in [0.5, 0.6) is 0 Å². The fourth-order valence-corrected chi connectivity index (χ4v) is 5.66. The van der Waals surface area contributed by atoms with Crippen LogP contribution < -0.4 is 11.2 Å². The maximum Gasteiger partial charge on any atom is 0.476 e. The number of phosphoric ester groups is 1. The molecular weight excluding hydrogens is 507 g/mol. The summed E-state index contributed by atoms with van der Waals surface area (Å²) >= 11 is 0. The lowest BCUT2D eigenvalue weighted by molar-refractivity contribution is -0.0664. The molecule has 1 saturated heterocycles. The molecule has 1 aliphatic rings. The summed E-state index contributed by atoms with van der Waals surface area (Å²) in [5.41, 5.74) is -3.88. The monoisotopic (exact) mass is 540 g/mol. The van der Waals surface area contributed by atoms with Crippen molar-refractivity contribution >= 4 is 13.7 Å². The van der Waals surface area contributed by atoms with E-state index in [2.05, 4.69) is 0 Å². The van der Waals surface area contributed by atoms with Crippen LogP contribution in [0.1, 0.15) is 58.1 Å². The molecular formula is C24H33N2O10P. The maximum atomic E-state index is 13.7. The molecule has 1 fully saturated rings. The van der Waals surface area contributed by atoms with Gasteiger partial charge in [-0.05, 0) is 53.7 Å². The van der Waals surface area contributed by atoms with Crippen molar-refractivity contribution < 1.29 is 37.9 Å². The summed E-state index contributed by atoms with van der Waals surface area (Å²) in [6.45, 7) is 9.08. The molecule has 0 spiro atoms. The molecule has 1 aliphatic heterocycles. The third kappa shape index (κ3) is 6.91. The van der Waals surface area contributed by atoms with Crippen LogP contribution in [-0.2, 0) is 22.9 Å². The fraction of sp³-hybridized carbons (Fsp3) is 0.542. The Balaban J connectivity index is 2.09. The highest BCUT2D eigenvalue weighted by Gasteiger charge is 2.51. The number of hydrogen-bond acceptors (Lipinski definition) is 10. The first kappa shape index (κ1) is 29.1. The third-order valence-electron chi connectivity index (χ3n) is 5.02. The zero-order valence-corrected chi connectivity index (χ0v) is 22.5. The second-order valence-electron chi connectivity index (χ2n) is 10.5. The summed E-state index contributed by atoms with van der Waals surface area (Å²) in [6, 6.07) is 8.68. The maximum absolute atomic E-state index is 13.7. The average Bonchev–Trinajstić information content (AvgIpc) is 3.06. The van der Waals surface area contributed by atoms with Gasteiger partial charge in [-0.1, -0.05) is 18.2 Å². The van der Waals surface area contributed by atoms with E-state index in [1.54, 1.807) is 59.7 Å². The number of benzene rings is 1. The van der Waals surface area contributed by atoms with Gasteiger partial charge in [0.1, 0.15) is 18.3 Å². The number of aliphatic hydroxyl groups excluding tert-OH is 2. The van der Waals surface area contributed by atoms with E-state index < -0.39 is 67.3 Å². The van der Waals surface area contributed by atoms with E-state index in [9.17, 15) is 29.2 Å². The number of carbonyl (C=O) groups excluding carboxylic acids is 1. The SMILES string of the molecule is CC(C)(C)OP(=O)(O[C@@H]1[C@H](O)[C@@H](CO)O[C@H]1n1ccc(=O)n(C(=O)c2ccccc2)c1=O)OC(C)(C)C. The van der Waals surface area contributed by atoms with Crippen molar-refractivity contribution in [2.45, 2.75) is 77.3 Å². The molecule has 12 nitrogen and oxygen atoms in total. The van der Waals surface area contributed by atoms with E-state index >= 15 is 0 Å². The zero-order valence-electron chi connectivity index (χ0n) is 21.6. The van der Waals surface area contributed by atoms with Gasteiger partial charge in [-0.25, -0.2) is 9.36 Å². The lowest BCUT2D eigenvalue weighted by Crippen LogP contribution is -2.46. The fourth-order valence-electron chi connectivity index (χ4n) is 3.67. The summed E-state index contributed by atoms with van der Waals surface area (Å²) in [7, 11) is -4.42. The normalized spacial score (nSPS) is 22.8. The van der Waals surface area contributed by atoms with Crippen LogP contribution in [0.15, 0.2) is 52.2 Å². The van der Waals surface area contributed by atoms with Crippen molar-refractivity contribution in [3.63, 3.8) is 0 Å². The molecule has 204 valence electrons. The molecule has 2 N–H and O–H groups in total. The van der Waals surface area contributed by atoms with Gasteiger partial charge in [0, 0.05) is 17.8 Å². The highest BCUT2D eigenvalue weighted by molar-refractivity contribution is 7.48. The van der Waals surface area contributed by atoms with Crippen LogP contribution in [0.3, 0.4) is 0 Å². The first-order chi connectivity index (χ1) is 17.1. The van der Waals surface area contributed by atoms with E-state index in [-0.39, 0.29) is 5.56 Å². The van der Waals surface area contributed by atoms with Crippen molar-refractivity contribution in [2.75, 3.05) is 6.61 Å². The number of nitrogens with zero attached hydrogens (tertiary/aromatic N) is 2. The Bertz CT molecular complexity index is 1260. The predicted molar refractivity (Wildman–Crippen MR) is 132 cm³/mol. The summed E-state index contributed by atoms with van der Waals surface area (Å²) in [5, 5.41) is 20.6. The van der Waals surface area contributed by atoms with Crippen molar-refractivity contribution in [1.29, 1.82) is 0 Å². The second kappa shape index (κ2) is 10.7. The van der Waals surface area contributed by atoms with E-state index in [0.717, 1.165) is 16.8 Å². The van der Waals surface area contributed by atoms with Crippen molar-refractivity contribution in [2.24, 2.45) is 0 Å². The van der Waals surface area contributed by atoms with E-state index in [0.29, 0.717) is 4.57 Å². The first-order valence-electron chi connectivity index (χ1n) is 11.6. The summed E-state index contributed by atoms with van der Waals surface area (Å²) in [5.74, 6) is -0.877. The van der Waals surface area contributed by atoms with Crippen LogP contribution in [0.4, 0.5) is 0 Å². The van der Waals surface area contributed by atoms with Gasteiger partial charge in [-0.15, -0.1) is 0 Å². The molecule has 0 aliphatic carbocycles. The first-order valence-corrected chi connectivity index (χ1v) is 13.1. The smallest absolute Gasteiger partial charge is 0.394 e. The Labute approximate surface area is 214 Å². The Hall–Kier alpha value is -2.44. The average molecular weight is 541 g/mol. The molecule has 4 atom stereocenters. The van der Waals surface area contributed by atoms with E-state index in [1.807, 2.05) is 0 Å².